The Bertz CT molecular complexity index is 356. The van der Waals surface area contributed by atoms with Gasteiger partial charge in [0.2, 0.25) is 5.76 Å². The molecule has 0 unspecified atom stereocenters. The maximum absolute atomic E-state index is 12.0. The van der Waals surface area contributed by atoms with Crippen LogP contribution in [0.4, 0.5) is 0 Å². The number of carbonyl (C=O) groups is 1. The van der Waals surface area contributed by atoms with Gasteiger partial charge in [-0.1, -0.05) is 0 Å². The first-order valence-electron chi connectivity index (χ1n) is 5.75. The lowest BCUT2D eigenvalue weighted by Crippen LogP contribution is -2.35. The Balaban J connectivity index is 2.01. The first kappa shape index (κ1) is 11.1. The number of hydrogen-bond acceptors (Lipinski definition) is 4. The van der Waals surface area contributed by atoms with Crippen LogP contribution in [0.1, 0.15) is 35.7 Å². The summed E-state index contributed by atoms with van der Waals surface area (Å²) in [6.07, 6.45) is 5.44. The number of likely N-dealkylation sites (tertiary alicyclic amines) is 1. The Morgan fingerprint density at radius 3 is 2.88 bits per heavy atom. The summed E-state index contributed by atoms with van der Waals surface area (Å²) in [5.74, 6) is 0.837. The van der Waals surface area contributed by atoms with Crippen molar-refractivity contribution < 1.29 is 9.21 Å². The predicted octanol–water partition coefficient (Wildman–Crippen LogP) is 0.802. The van der Waals surface area contributed by atoms with Crippen molar-refractivity contribution >= 4 is 5.91 Å². The number of piperidine rings is 1. The van der Waals surface area contributed by atoms with Crippen molar-refractivity contribution in [3.8, 4) is 0 Å². The molecule has 1 aromatic heterocycles. The molecule has 0 atom stereocenters. The van der Waals surface area contributed by atoms with Crippen LogP contribution in [0.2, 0.25) is 0 Å². The van der Waals surface area contributed by atoms with Crippen LogP contribution in [-0.2, 0) is 6.42 Å². The molecule has 16 heavy (non-hydrogen) atoms. The zero-order valence-corrected chi connectivity index (χ0v) is 9.32. The van der Waals surface area contributed by atoms with Crippen molar-refractivity contribution in [3.05, 3.63) is 17.8 Å². The van der Waals surface area contributed by atoms with Crippen LogP contribution < -0.4 is 5.73 Å². The van der Waals surface area contributed by atoms with E-state index in [0.29, 0.717) is 24.6 Å². The fourth-order valence-corrected chi connectivity index (χ4v) is 1.90. The van der Waals surface area contributed by atoms with Gasteiger partial charge in [0, 0.05) is 26.1 Å². The molecular formula is C11H17N3O2. The van der Waals surface area contributed by atoms with E-state index in [0.717, 1.165) is 25.9 Å². The summed E-state index contributed by atoms with van der Waals surface area (Å²) < 4.78 is 5.36. The van der Waals surface area contributed by atoms with E-state index in [1.165, 1.54) is 12.6 Å². The number of nitrogens with two attached hydrogens (primary N) is 1. The van der Waals surface area contributed by atoms with Gasteiger partial charge in [-0.15, -0.1) is 0 Å². The minimum absolute atomic E-state index is 0.0459. The first-order valence-corrected chi connectivity index (χ1v) is 5.75. The van der Waals surface area contributed by atoms with E-state index in [9.17, 15) is 4.79 Å². The lowest BCUT2D eigenvalue weighted by Gasteiger charge is -2.25. The van der Waals surface area contributed by atoms with Crippen molar-refractivity contribution in [2.45, 2.75) is 25.7 Å². The van der Waals surface area contributed by atoms with Gasteiger partial charge in [-0.05, 0) is 19.3 Å². The molecule has 0 spiro atoms. The fourth-order valence-electron chi connectivity index (χ4n) is 1.90. The van der Waals surface area contributed by atoms with Crippen LogP contribution >= 0.6 is 0 Å². The highest BCUT2D eigenvalue weighted by atomic mass is 16.4. The van der Waals surface area contributed by atoms with Gasteiger partial charge in [-0.3, -0.25) is 4.79 Å². The normalized spacial score (nSPS) is 16.4. The zero-order valence-electron chi connectivity index (χ0n) is 9.32. The average molecular weight is 223 g/mol. The SMILES string of the molecule is NCCc1ncc(C(=O)N2CCCCC2)o1. The zero-order chi connectivity index (χ0) is 11.4. The lowest BCUT2D eigenvalue weighted by molar-refractivity contribution is 0.0690. The van der Waals surface area contributed by atoms with Crippen LogP contribution in [0, 0.1) is 0 Å². The molecule has 1 amide bonds. The molecule has 1 aromatic rings. The highest BCUT2D eigenvalue weighted by Gasteiger charge is 2.21. The summed E-state index contributed by atoms with van der Waals surface area (Å²) in [6, 6.07) is 0. The Labute approximate surface area is 94.6 Å². The van der Waals surface area contributed by atoms with E-state index in [4.69, 9.17) is 10.2 Å². The molecule has 2 heterocycles. The van der Waals surface area contributed by atoms with Gasteiger partial charge in [-0.2, -0.15) is 0 Å². The summed E-state index contributed by atoms with van der Waals surface area (Å²) in [6.45, 7) is 2.13. The Morgan fingerprint density at radius 2 is 2.19 bits per heavy atom. The minimum atomic E-state index is -0.0459. The van der Waals surface area contributed by atoms with Crippen molar-refractivity contribution in [1.82, 2.24) is 9.88 Å². The topological polar surface area (TPSA) is 72.4 Å². The van der Waals surface area contributed by atoms with E-state index in [1.807, 2.05) is 4.90 Å². The van der Waals surface area contributed by atoms with Crippen molar-refractivity contribution in [1.29, 1.82) is 0 Å². The van der Waals surface area contributed by atoms with Gasteiger partial charge in [0.1, 0.15) is 0 Å². The number of aromatic nitrogens is 1. The van der Waals surface area contributed by atoms with Gasteiger partial charge in [-0.25, -0.2) is 4.98 Å². The van der Waals surface area contributed by atoms with Gasteiger partial charge < -0.3 is 15.1 Å². The third kappa shape index (κ3) is 2.41. The third-order valence-corrected chi connectivity index (χ3v) is 2.77. The second kappa shape index (κ2) is 5.12. The predicted molar refractivity (Wildman–Crippen MR) is 59.0 cm³/mol. The number of hydrogen-bond donors (Lipinski definition) is 1. The molecule has 1 saturated heterocycles. The Hall–Kier alpha value is -1.36. The second-order valence-electron chi connectivity index (χ2n) is 4.01. The van der Waals surface area contributed by atoms with Gasteiger partial charge in [0.25, 0.3) is 5.91 Å². The first-order chi connectivity index (χ1) is 7.81. The molecule has 2 N–H and O–H groups in total. The molecule has 0 saturated carbocycles. The molecule has 1 aliphatic rings. The molecule has 1 fully saturated rings. The highest BCUT2D eigenvalue weighted by Crippen LogP contribution is 2.13. The van der Waals surface area contributed by atoms with E-state index in [2.05, 4.69) is 4.98 Å². The molecule has 0 aromatic carbocycles. The number of carbonyl (C=O) groups excluding carboxylic acids is 1. The lowest BCUT2D eigenvalue weighted by atomic mass is 10.1. The molecule has 2 rings (SSSR count). The Kier molecular flexibility index (Phi) is 3.56. The smallest absolute Gasteiger partial charge is 0.291 e. The van der Waals surface area contributed by atoms with E-state index in [1.54, 1.807) is 0 Å². The van der Waals surface area contributed by atoms with Crippen LogP contribution in [0.3, 0.4) is 0 Å². The van der Waals surface area contributed by atoms with E-state index in [-0.39, 0.29) is 5.91 Å². The monoisotopic (exact) mass is 223 g/mol. The van der Waals surface area contributed by atoms with Gasteiger partial charge in [0.15, 0.2) is 5.89 Å². The molecular weight excluding hydrogens is 206 g/mol. The molecule has 0 bridgehead atoms. The maximum atomic E-state index is 12.0. The molecule has 5 nitrogen and oxygen atoms in total. The third-order valence-electron chi connectivity index (χ3n) is 2.77. The molecule has 0 aliphatic carbocycles. The number of rotatable bonds is 3. The largest absolute Gasteiger partial charge is 0.435 e. The quantitative estimate of drug-likeness (QED) is 0.822. The van der Waals surface area contributed by atoms with Crippen molar-refractivity contribution in [2.24, 2.45) is 5.73 Å². The second-order valence-corrected chi connectivity index (χ2v) is 4.01. The van der Waals surface area contributed by atoms with Crippen LogP contribution in [0.15, 0.2) is 10.6 Å². The molecule has 0 radical (unpaired) electrons. The van der Waals surface area contributed by atoms with Gasteiger partial charge in [0.05, 0.1) is 6.20 Å². The number of nitrogens with zero attached hydrogens (tertiary/aromatic N) is 2. The Morgan fingerprint density at radius 1 is 1.44 bits per heavy atom. The van der Waals surface area contributed by atoms with Gasteiger partial charge >= 0.3 is 0 Å². The number of amides is 1. The maximum Gasteiger partial charge on any atom is 0.291 e. The summed E-state index contributed by atoms with van der Waals surface area (Å²) in [7, 11) is 0. The fraction of sp³-hybridized carbons (Fsp3) is 0.636. The van der Waals surface area contributed by atoms with E-state index < -0.39 is 0 Å². The highest BCUT2D eigenvalue weighted by molar-refractivity contribution is 5.91. The van der Waals surface area contributed by atoms with Crippen LogP contribution in [-0.4, -0.2) is 35.4 Å². The van der Waals surface area contributed by atoms with E-state index >= 15 is 0 Å². The molecule has 1 aliphatic heterocycles. The van der Waals surface area contributed by atoms with Crippen LogP contribution in [0.25, 0.3) is 0 Å². The summed E-state index contributed by atoms with van der Waals surface area (Å²) in [5.41, 5.74) is 5.39. The molecule has 88 valence electrons. The van der Waals surface area contributed by atoms with Crippen molar-refractivity contribution in [3.63, 3.8) is 0 Å². The summed E-state index contributed by atoms with van der Waals surface area (Å²) >= 11 is 0. The molecule has 5 heteroatoms. The van der Waals surface area contributed by atoms with Crippen molar-refractivity contribution in [2.75, 3.05) is 19.6 Å². The summed E-state index contributed by atoms with van der Waals surface area (Å²) in [4.78, 5) is 17.8. The minimum Gasteiger partial charge on any atom is -0.435 e. The average Bonchev–Trinajstić information content (AvgIpc) is 2.78. The standard InChI is InChI=1S/C11H17N3O2/c12-5-4-10-13-8-9(16-10)11(15)14-6-2-1-3-7-14/h8H,1-7,12H2. The summed E-state index contributed by atoms with van der Waals surface area (Å²) in [5, 5.41) is 0. The number of oxazole rings is 1. The van der Waals surface area contributed by atoms with Crippen LogP contribution in [0.5, 0.6) is 0 Å².